The first-order chi connectivity index (χ1) is 22.5. The van der Waals surface area contributed by atoms with Crippen LogP contribution in [0.3, 0.4) is 0 Å². The number of amides is 1. The Morgan fingerprint density at radius 3 is 2.50 bits per heavy atom. The standard InChI is InChI=1S/C34H39F2N5O5SSi/c1-33(2,3)45-32(42)41-30-19(11-37)25-28(38-13-23(35)29(25)47-30)24-22-16-43-15-21(22)20-12-39-31(40-27(20)26(24)36)44-14-17-9-18(10-17)46-48(7,8)34(4,5)6/h12-13,17-18H,9-10,14-16H2,1-8H3,(H,41,42)/t17-,18+. The highest BCUT2D eigenvalue weighted by Gasteiger charge is 2.42. The summed E-state index contributed by atoms with van der Waals surface area (Å²) in [7, 11) is -1.86. The molecule has 0 unspecified atom stereocenters. The third kappa shape index (κ3) is 6.36. The Balaban J connectivity index is 1.33. The van der Waals surface area contributed by atoms with Crippen molar-refractivity contribution in [3.63, 3.8) is 0 Å². The number of aromatic nitrogens is 3. The zero-order valence-electron chi connectivity index (χ0n) is 28.3. The third-order valence-corrected chi connectivity index (χ3v) is 14.9. The van der Waals surface area contributed by atoms with Crippen LogP contribution in [0, 0.1) is 28.9 Å². The summed E-state index contributed by atoms with van der Waals surface area (Å²) in [4.78, 5) is 25.7. The number of nitriles is 1. The van der Waals surface area contributed by atoms with Gasteiger partial charge in [-0.2, -0.15) is 10.2 Å². The number of nitrogens with zero attached hydrogens (tertiary/aromatic N) is 4. The van der Waals surface area contributed by atoms with Crippen molar-refractivity contribution in [2.75, 3.05) is 11.9 Å². The predicted octanol–water partition coefficient (Wildman–Crippen LogP) is 8.61. The van der Waals surface area contributed by atoms with Crippen molar-refractivity contribution in [2.24, 2.45) is 5.92 Å². The second-order valence-corrected chi connectivity index (χ2v) is 20.7. The van der Waals surface area contributed by atoms with Crippen LogP contribution in [-0.2, 0) is 27.1 Å². The van der Waals surface area contributed by atoms with Gasteiger partial charge in [0.15, 0.2) is 20.0 Å². The molecule has 0 saturated heterocycles. The SMILES string of the molecule is CC(C)(C)OC(=O)Nc1sc2c(F)cnc(-c3c4c(c5cnc(OC[C@H]6C[C@@H](O[Si](C)(C)C(C)(C)C)C6)nc5c3F)COC4)c2c1C#N. The topological polar surface area (TPSA) is 128 Å². The summed E-state index contributed by atoms with van der Waals surface area (Å²) < 4.78 is 55.5. The highest BCUT2D eigenvalue weighted by Crippen LogP contribution is 2.46. The lowest BCUT2D eigenvalue weighted by molar-refractivity contribution is 0.0270. The van der Waals surface area contributed by atoms with Gasteiger partial charge in [-0.3, -0.25) is 10.3 Å². The van der Waals surface area contributed by atoms with Gasteiger partial charge in [-0.05, 0) is 68.8 Å². The largest absolute Gasteiger partial charge is 0.463 e. The van der Waals surface area contributed by atoms with E-state index in [1.165, 1.54) is 6.20 Å². The van der Waals surface area contributed by atoms with Gasteiger partial charge in [0.25, 0.3) is 0 Å². The minimum atomic E-state index is -1.86. The molecule has 0 spiro atoms. The van der Waals surface area contributed by atoms with E-state index in [-0.39, 0.29) is 73.7 Å². The molecule has 6 rings (SSSR count). The van der Waals surface area contributed by atoms with E-state index in [0.29, 0.717) is 23.1 Å². The van der Waals surface area contributed by atoms with Gasteiger partial charge < -0.3 is 18.6 Å². The molecule has 10 nitrogen and oxygen atoms in total. The van der Waals surface area contributed by atoms with Crippen LogP contribution >= 0.6 is 11.3 Å². The first-order valence-electron chi connectivity index (χ1n) is 15.9. The summed E-state index contributed by atoms with van der Waals surface area (Å²) in [6.45, 7) is 16.9. The fourth-order valence-electron chi connectivity index (χ4n) is 5.76. The van der Waals surface area contributed by atoms with Crippen molar-refractivity contribution in [3.8, 4) is 23.3 Å². The number of carbonyl (C=O) groups excluding carboxylic acids is 1. The highest BCUT2D eigenvalue weighted by molar-refractivity contribution is 7.23. The second kappa shape index (κ2) is 12.3. The number of benzene rings is 1. The Labute approximate surface area is 282 Å². The Morgan fingerprint density at radius 1 is 1.12 bits per heavy atom. The van der Waals surface area contributed by atoms with E-state index in [9.17, 15) is 10.1 Å². The van der Waals surface area contributed by atoms with Crippen molar-refractivity contribution in [2.45, 2.75) is 97.4 Å². The molecule has 1 saturated carbocycles. The lowest BCUT2D eigenvalue weighted by Crippen LogP contribution is -2.48. The molecule has 3 aromatic heterocycles. The second-order valence-electron chi connectivity index (χ2n) is 14.9. The van der Waals surface area contributed by atoms with Gasteiger partial charge in [0, 0.05) is 28.6 Å². The lowest BCUT2D eigenvalue weighted by atomic mass is 9.83. The Hall–Kier alpha value is -3.77. The number of nitrogens with one attached hydrogen (secondary N) is 1. The molecule has 1 amide bonds. The number of thiophene rings is 1. The van der Waals surface area contributed by atoms with Gasteiger partial charge in [-0.15, -0.1) is 11.3 Å². The molecular formula is C34H39F2N5O5SSi. The average Bonchev–Trinajstić information content (AvgIpc) is 3.59. The molecule has 1 N–H and O–H groups in total. The fraction of sp³-hybridized carbons (Fsp3) is 0.500. The summed E-state index contributed by atoms with van der Waals surface area (Å²) in [6.07, 6.45) is 3.66. The van der Waals surface area contributed by atoms with Crippen LogP contribution < -0.4 is 10.1 Å². The molecule has 0 bridgehead atoms. The maximum Gasteiger partial charge on any atom is 0.412 e. The van der Waals surface area contributed by atoms with Gasteiger partial charge in [-0.1, -0.05) is 20.8 Å². The maximum atomic E-state index is 16.7. The smallest absolute Gasteiger partial charge is 0.412 e. The van der Waals surface area contributed by atoms with E-state index < -0.39 is 31.6 Å². The number of hydrogen-bond acceptors (Lipinski definition) is 10. The van der Waals surface area contributed by atoms with Crippen LogP contribution in [0.2, 0.25) is 18.1 Å². The summed E-state index contributed by atoms with van der Waals surface area (Å²) in [6, 6.07) is 2.08. The van der Waals surface area contributed by atoms with E-state index in [0.717, 1.165) is 30.4 Å². The summed E-state index contributed by atoms with van der Waals surface area (Å²) in [5, 5.41) is 13.5. The summed E-state index contributed by atoms with van der Waals surface area (Å²) in [5.41, 5.74) is 0.428. The molecule has 254 valence electrons. The molecule has 2 aliphatic rings. The van der Waals surface area contributed by atoms with Crippen LogP contribution in [0.15, 0.2) is 12.4 Å². The average molecular weight is 696 g/mol. The van der Waals surface area contributed by atoms with Gasteiger partial charge >= 0.3 is 12.1 Å². The minimum Gasteiger partial charge on any atom is -0.463 e. The lowest BCUT2D eigenvalue weighted by Gasteiger charge is -2.44. The third-order valence-electron chi connectivity index (χ3n) is 9.22. The van der Waals surface area contributed by atoms with E-state index in [1.54, 1.807) is 20.8 Å². The Bertz CT molecular complexity index is 1980. The molecule has 14 heteroatoms. The summed E-state index contributed by atoms with van der Waals surface area (Å²) in [5.74, 6) is -1.16. The fourth-order valence-corrected chi connectivity index (χ4v) is 8.18. The van der Waals surface area contributed by atoms with E-state index >= 15 is 8.78 Å². The summed E-state index contributed by atoms with van der Waals surface area (Å²) >= 11 is 0.849. The first-order valence-corrected chi connectivity index (χ1v) is 19.6. The number of anilines is 1. The van der Waals surface area contributed by atoms with Crippen LogP contribution in [0.5, 0.6) is 6.01 Å². The Kier molecular flexibility index (Phi) is 8.72. The van der Waals surface area contributed by atoms with Gasteiger partial charge in [-0.25, -0.2) is 18.6 Å². The van der Waals surface area contributed by atoms with Crippen LogP contribution in [-0.4, -0.2) is 47.7 Å². The number of pyridine rings is 1. The van der Waals surface area contributed by atoms with Crippen LogP contribution in [0.1, 0.15) is 71.1 Å². The van der Waals surface area contributed by atoms with Gasteiger partial charge in [0.1, 0.15) is 22.2 Å². The monoisotopic (exact) mass is 695 g/mol. The van der Waals surface area contributed by atoms with Crippen molar-refractivity contribution in [3.05, 3.63) is 40.7 Å². The number of fused-ring (bicyclic) bond motifs is 4. The molecule has 4 heterocycles. The molecule has 1 fully saturated rings. The normalized spacial score (nSPS) is 18.0. The van der Waals surface area contributed by atoms with Crippen molar-refractivity contribution in [1.82, 2.24) is 15.0 Å². The number of hydrogen-bond donors (Lipinski definition) is 1. The highest BCUT2D eigenvalue weighted by atomic mass is 32.1. The molecule has 0 atom stereocenters. The molecular weight excluding hydrogens is 657 g/mol. The van der Waals surface area contributed by atoms with E-state index in [4.69, 9.17) is 18.6 Å². The number of ether oxygens (including phenoxy) is 3. The zero-order chi connectivity index (χ0) is 34.8. The van der Waals surface area contributed by atoms with E-state index in [1.807, 2.05) is 6.07 Å². The Morgan fingerprint density at radius 2 is 1.83 bits per heavy atom. The van der Waals surface area contributed by atoms with Crippen molar-refractivity contribution >= 4 is 51.7 Å². The molecule has 0 radical (unpaired) electrons. The van der Waals surface area contributed by atoms with E-state index in [2.05, 4.69) is 54.1 Å². The molecule has 1 aliphatic carbocycles. The predicted molar refractivity (Wildman–Crippen MR) is 181 cm³/mol. The van der Waals surface area contributed by atoms with Crippen LogP contribution in [0.25, 0.3) is 32.2 Å². The number of rotatable bonds is 7. The molecule has 4 aromatic rings. The van der Waals surface area contributed by atoms with Crippen LogP contribution in [0.4, 0.5) is 18.6 Å². The van der Waals surface area contributed by atoms with Crippen molar-refractivity contribution < 1.29 is 32.2 Å². The van der Waals surface area contributed by atoms with Gasteiger partial charge in [0.2, 0.25) is 0 Å². The number of halogens is 2. The number of carbonyl (C=O) groups is 1. The molecule has 1 aliphatic heterocycles. The molecule has 1 aromatic carbocycles. The first kappa shape index (κ1) is 34.1. The zero-order valence-corrected chi connectivity index (χ0v) is 30.2. The minimum absolute atomic E-state index is 0.00658. The van der Waals surface area contributed by atoms with Gasteiger partial charge in [0.05, 0.1) is 42.0 Å². The maximum absolute atomic E-state index is 16.7. The molecule has 48 heavy (non-hydrogen) atoms. The quantitative estimate of drug-likeness (QED) is 0.189. The van der Waals surface area contributed by atoms with Crippen molar-refractivity contribution in [1.29, 1.82) is 5.26 Å².